The van der Waals surface area contributed by atoms with Crippen molar-refractivity contribution < 1.29 is 4.39 Å². The molecule has 0 saturated heterocycles. The fourth-order valence-corrected chi connectivity index (χ4v) is 2.32. The molecule has 4 aromatic rings. The van der Waals surface area contributed by atoms with E-state index in [4.69, 9.17) is 0 Å². The molecule has 2 N–H and O–H groups in total. The van der Waals surface area contributed by atoms with Gasteiger partial charge in [-0.2, -0.15) is 0 Å². The van der Waals surface area contributed by atoms with E-state index < -0.39 is 5.82 Å². The molecular formula is C16H11FN6. The van der Waals surface area contributed by atoms with Crippen LogP contribution in [-0.4, -0.2) is 24.9 Å². The zero-order chi connectivity index (χ0) is 15.6. The number of hydrogen-bond donors (Lipinski definition) is 2. The minimum Gasteiger partial charge on any atom is -0.346 e. The highest BCUT2D eigenvalue weighted by molar-refractivity contribution is 5.88. The van der Waals surface area contributed by atoms with Crippen molar-refractivity contribution in [2.75, 3.05) is 5.32 Å². The van der Waals surface area contributed by atoms with Gasteiger partial charge >= 0.3 is 0 Å². The number of anilines is 2. The van der Waals surface area contributed by atoms with Crippen LogP contribution >= 0.6 is 0 Å². The predicted molar refractivity (Wildman–Crippen MR) is 84.6 cm³/mol. The molecule has 112 valence electrons. The topological polar surface area (TPSA) is 79.4 Å². The van der Waals surface area contributed by atoms with E-state index in [-0.39, 0.29) is 5.69 Å². The Morgan fingerprint density at radius 2 is 1.96 bits per heavy atom. The number of nitrogens with one attached hydrogen (secondary N) is 2. The molecule has 0 aliphatic rings. The number of nitrogens with zero attached hydrogens (tertiary/aromatic N) is 4. The molecule has 0 aromatic carbocycles. The summed E-state index contributed by atoms with van der Waals surface area (Å²) in [6.07, 6.45) is 6.41. The van der Waals surface area contributed by atoms with E-state index in [1.165, 1.54) is 18.6 Å². The Balaban J connectivity index is 1.72. The number of pyridine rings is 2. The SMILES string of the molecule is Fc1cccnc1-c1cc(Nc2ncnc3[nH]ccc23)ccn1. The van der Waals surface area contributed by atoms with Crippen LogP contribution in [0.25, 0.3) is 22.4 Å². The van der Waals surface area contributed by atoms with Gasteiger partial charge < -0.3 is 10.3 Å². The summed E-state index contributed by atoms with van der Waals surface area (Å²) < 4.78 is 13.9. The Bertz CT molecular complexity index is 981. The van der Waals surface area contributed by atoms with E-state index in [2.05, 4.69) is 30.2 Å². The molecule has 0 aliphatic heterocycles. The molecule has 23 heavy (non-hydrogen) atoms. The van der Waals surface area contributed by atoms with Crippen molar-refractivity contribution in [1.29, 1.82) is 0 Å². The third-order valence-corrected chi connectivity index (χ3v) is 3.38. The Labute approximate surface area is 130 Å². The summed E-state index contributed by atoms with van der Waals surface area (Å²) in [5.41, 5.74) is 2.15. The highest BCUT2D eigenvalue weighted by Crippen LogP contribution is 2.25. The lowest BCUT2D eigenvalue weighted by Crippen LogP contribution is -1.97. The second-order valence-corrected chi connectivity index (χ2v) is 4.85. The number of hydrogen-bond acceptors (Lipinski definition) is 5. The summed E-state index contributed by atoms with van der Waals surface area (Å²) in [6.45, 7) is 0. The van der Waals surface area contributed by atoms with Crippen LogP contribution < -0.4 is 5.32 Å². The molecular weight excluding hydrogens is 295 g/mol. The molecule has 0 aliphatic carbocycles. The highest BCUT2D eigenvalue weighted by atomic mass is 19.1. The van der Waals surface area contributed by atoms with E-state index >= 15 is 0 Å². The standard InChI is InChI=1S/C16H11FN6/c17-12-2-1-5-19-14(12)13-8-10(3-6-18-13)23-16-11-4-7-20-15(11)21-9-22-16/h1-9H,(H2,18,20,21,22,23). The van der Waals surface area contributed by atoms with Gasteiger partial charge in [-0.15, -0.1) is 0 Å². The molecule has 0 fully saturated rings. The van der Waals surface area contributed by atoms with E-state index in [1.807, 2.05) is 6.07 Å². The van der Waals surface area contributed by atoms with Crippen LogP contribution in [0.5, 0.6) is 0 Å². The lowest BCUT2D eigenvalue weighted by atomic mass is 10.2. The summed E-state index contributed by atoms with van der Waals surface area (Å²) in [5, 5.41) is 4.07. The summed E-state index contributed by atoms with van der Waals surface area (Å²) in [5.74, 6) is 0.252. The maximum Gasteiger partial charge on any atom is 0.151 e. The van der Waals surface area contributed by atoms with Gasteiger partial charge in [-0.25, -0.2) is 14.4 Å². The van der Waals surface area contributed by atoms with Gasteiger partial charge in [0.2, 0.25) is 0 Å². The third kappa shape index (κ3) is 2.48. The first-order valence-corrected chi connectivity index (χ1v) is 6.93. The second kappa shape index (κ2) is 5.45. The molecule has 4 rings (SSSR count). The van der Waals surface area contributed by atoms with E-state index in [9.17, 15) is 4.39 Å². The zero-order valence-corrected chi connectivity index (χ0v) is 11.9. The Morgan fingerprint density at radius 3 is 2.87 bits per heavy atom. The van der Waals surface area contributed by atoms with Crippen molar-refractivity contribution in [1.82, 2.24) is 24.9 Å². The number of aromatic amines is 1. The van der Waals surface area contributed by atoms with Crippen LogP contribution in [0.3, 0.4) is 0 Å². The van der Waals surface area contributed by atoms with Crippen molar-refractivity contribution in [3.63, 3.8) is 0 Å². The number of fused-ring (bicyclic) bond motifs is 1. The lowest BCUT2D eigenvalue weighted by Gasteiger charge is -2.08. The predicted octanol–water partition coefficient (Wildman–Crippen LogP) is 3.30. The van der Waals surface area contributed by atoms with Crippen LogP contribution in [0.1, 0.15) is 0 Å². The van der Waals surface area contributed by atoms with Crippen LogP contribution in [0, 0.1) is 5.82 Å². The van der Waals surface area contributed by atoms with E-state index in [1.54, 1.807) is 30.6 Å². The van der Waals surface area contributed by atoms with Crippen molar-refractivity contribution in [2.24, 2.45) is 0 Å². The maximum atomic E-state index is 13.9. The van der Waals surface area contributed by atoms with E-state index in [0.29, 0.717) is 11.5 Å². The molecule has 0 amide bonds. The van der Waals surface area contributed by atoms with Gasteiger partial charge in [0, 0.05) is 24.3 Å². The number of aromatic nitrogens is 5. The first kappa shape index (κ1) is 13.3. The van der Waals surface area contributed by atoms with Gasteiger partial charge in [0.25, 0.3) is 0 Å². The average Bonchev–Trinajstić information content (AvgIpc) is 3.05. The van der Waals surface area contributed by atoms with Gasteiger partial charge in [0.05, 0.1) is 11.1 Å². The molecule has 0 bridgehead atoms. The van der Waals surface area contributed by atoms with Gasteiger partial charge in [-0.1, -0.05) is 0 Å². The largest absolute Gasteiger partial charge is 0.346 e. The van der Waals surface area contributed by atoms with Crippen molar-refractivity contribution >= 4 is 22.5 Å². The van der Waals surface area contributed by atoms with Gasteiger partial charge in [-0.3, -0.25) is 9.97 Å². The summed E-state index contributed by atoms with van der Waals surface area (Å²) in [6, 6.07) is 8.30. The minimum atomic E-state index is -0.410. The van der Waals surface area contributed by atoms with Crippen LogP contribution in [-0.2, 0) is 0 Å². The van der Waals surface area contributed by atoms with E-state index in [0.717, 1.165) is 16.7 Å². The summed E-state index contributed by atoms with van der Waals surface area (Å²) >= 11 is 0. The number of halogens is 1. The maximum absolute atomic E-state index is 13.9. The van der Waals surface area contributed by atoms with Crippen molar-refractivity contribution in [3.05, 3.63) is 61.1 Å². The quantitative estimate of drug-likeness (QED) is 0.607. The Hall–Kier alpha value is -3.35. The number of rotatable bonds is 3. The zero-order valence-electron chi connectivity index (χ0n) is 11.9. The molecule has 4 aromatic heterocycles. The lowest BCUT2D eigenvalue weighted by molar-refractivity contribution is 0.625. The average molecular weight is 306 g/mol. The summed E-state index contributed by atoms with van der Waals surface area (Å²) in [7, 11) is 0. The molecule has 0 saturated carbocycles. The second-order valence-electron chi connectivity index (χ2n) is 4.85. The molecule has 0 spiro atoms. The van der Waals surface area contributed by atoms with Gasteiger partial charge in [0.1, 0.15) is 23.5 Å². The van der Waals surface area contributed by atoms with Crippen LogP contribution in [0.15, 0.2) is 55.2 Å². The smallest absolute Gasteiger partial charge is 0.151 e. The Morgan fingerprint density at radius 1 is 1.00 bits per heavy atom. The third-order valence-electron chi connectivity index (χ3n) is 3.38. The summed E-state index contributed by atoms with van der Waals surface area (Å²) in [4.78, 5) is 19.6. The fourth-order valence-electron chi connectivity index (χ4n) is 2.32. The van der Waals surface area contributed by atoms with Crippen molar-refractivity contribution in [3.8, 4) is 11.4 Å². The molecule has 4 heterocycles. The molecule has 7 heteroatoms. The van der Waals surface area contributed by atoms with Crippen LogP contribution in [0.4, 0.5) is 15.9 Å². The number of H-pyrrole nitrogens is 1. The fraction of sp³-hybridized carbons (Fsp3) is 0. The van der Waals surface area contributed by atoms with Gasteiger partial charge in [-0.05, 0) is 30.3 Å². The first-order valence-electron chi connectivity index (χ1n) is 6.93. The minimum absolute atomic E-state index is 0.214. The Kier molecular flexibility index (Phi) is 3.16. The van der Waals surface area contributed by atoms with Crippen molar-refractivity contribution in [2.45, 2.75) is 0 Å². The molecule has 0 unspecified atom stereocenters. The molecule has 0 atom stereocenters. The van der Waals surface area contributed by atoms with Gasteiger partial charge in [0.15, 0.2) is 5.82 Å². The van der Waals surface area contributed by atoms with Crippen LogP contribution in [0.2, 0.25) is 0 Å². The first-order chi connectivity index (χ1) is 11.3. The monoisotopic (exact) mass is 306 g/mol. The highest BCUT2D eigenvalue weighted by Gasteiger charge is 2.09. The normalized spacial score (nSPS) is 10.8. The molecule has 0 radical (unpaired) electrons. The molecule has 6 nitrogen and oxygen atoms in total.